The van der Waals surface area contributed by atoms with Crippen molar-refractivity contribution in [1.82, 2.24) is 0 Å². The van der Waals surface area contributed by atoms with Crippen LogP contribution in [0.5, 0.6) is 0 Å². The average Bonchev–Trinajstić information content (AvgIpc) is 2.78. The van der Waals surface area contributed by atoms with Gasteiger partial charge in [-0.1, -0.05) is 115 Å². The van der Waals surface area contributed by atoms with Crippen LogP contribution in [0.15, 0.2) is 12.2 Å². The molecule has 180 valence electrons. The number of carbonyl (C=O) groups excluding carboxylic acids is 2. The van der Waals surface area contributed by atoms with Gasteiger partial charge < -0.3 is 14.6 Å². The summed E-state index contributed by atoms with van der Waals surface area (Å²) in [7, 11) is 0. The molecule has 1 rings (SSSR count). The first-order valence-corrected chi connectivity index (χ1v) is 13.2. The first kappa shape index (κ1) is 31.7. The van der Waals surface area contributed by atoms with Gasteiger partial charge in [0.25, 0.3) is 0 Å². The molecule has 5 heteroatoms. The molecule has 0 saturated heterocycles. The maximum atomic E-state index is 12.1. The summed E-state index contributed by atoms with van der Waals surface area (Å²) in [6.45, 7) is 2.51. The van der Waals surface area contributed by atoms with Crippen molar-refractivity contribution >= 4 is 11.9 Å². The molecule has 0 spiro atoms. The molecule has 0 aromatic heterocycles. The van der Waals surface area contributed by atoms with Gasteiger partial charge in [0.15, 0.2) is 0 Å². The van der Waals surface area contributed by atoms with E-state index in [4.69, 9.17) is 4.74 Å². The van der Waals surface area contributed by atoms with Crippen molar-refractivity contribution in [2.75, 3.05) is 6.61 Å². The van der Waals surface area contributed by atoms with Crippen LogP contribution in [-0.4, -0.2) is 18.5 Å². The molecular formula is C27H47NaO4. The van der Waals surface area contributed by atoms with Crippen molar-refractivity contribution in [3.63, 3.8) is 0 Å². The van der Waals surface area contributed by atoms with Gasteiger partial charge in [0, 0.05) is 11.9 Å². The largest absolute Gasteiger partial charge is 1.00 e. The van der Waals surface area contributed by atoms with E-state index in [1.165, 1.54) is 89.9 Å². The number of carbonyl (C=O) groups is 2. The molecule has 0 bridgehead atoms. The Morgan fingerprint density at radius 2 is 1.22 bits per heavy atom. The third-order valence-electron chi connectivity index (χ3n) is 6.58. The SMILES string of the molecule is CCCCCCCCCCCCCCCC/C=C/COC(=O)C1CCCCC1C(=O)[O-].[Na+]. The summed E-state index contributed by atoms with van der Waals surface area (Å²) < 4.78 is 5.27. The molecule has 1 aliphatic carbocycles. The van der Waals surface area contributed by atoms with Crippen molar-refractivity contribution in [3.05, 3.63) is 12.2 Å². The number of esters is 1. The minimum atomic E-state index is -1.12. The number of rotatable bonds is 19. The third-order valence-corrected chi connectivity index (χ3v) is 6.58. The number of allylic oxidation sites excluding steroid dienone is 1. The van der Waals surface area contributed by atoms with Crippen molar-refractivity contribution in [2.24, 2.45) is 11.8 Å². The first-order chi connectivity index (χ1) is 15.2. The predicted molar refractivity (Wildman–Crippen MR) is 125 cm³/mol. The number of unbranched alkanes of at least 4 members (excludes halogenated alkanes) is 14. The molecule has 0 N–H and O–H groups in total. The van der Waals surface area contributed by atoms with Gasteiger partial charge in [-0.05, 0) is 25.7 Å². The fourth-order valence-corrected chi connectivity index (χ4v) is 4.58. The Balaban J connectivity index is 0.00000961. The molecule has 0 aromatic carbocycles. The van der Waals surface area contributed by atoms with E-state index >= 15 is 0 Å². The molecule has 2 atom stereocenters. The Morgan fingerprint density at radius 3 is 1.72 bits per heavy atom. The molecule has 0 aromatic rings. The zero-order chi connectivity index (χ0) is 22.6. The van der Waals surface area contributed by atoms with Crippen LogP contribution < -0.4 is 34.7 Å². The molecule has 32 heavy (non-hydrogen) atoms. The number of carboxylic acid groups (broad SMARTS) is 1. The molecule has 0 aliphatic heterocycles. The molecule has 1 fully saturated rings. The molecule has 0 heterocycles. The van der Waals surface area contributed by atoms with Crippen LogP contribution in [0.4, 0.5) is 0 Å². The van der Waals surface area contributed by atoms with Crippen LogP contribution >= 0.6 is 0 Å². The molecule has 0 radical (unpaired) electrons. The second kappa shape index (κ2) is 22.5. The molecule has 0 amide bonds. The van der Waals surface area contributed by atoms with Crippen molar-refractivity contribution in [1.29, 1.82) is 0 Å². The van der Waals surface area contributed by atoms with Gasteiger partial charge in [-0.15, -0.1) is 0 Å². The normalized spacial score (nSPS) is 18.4. The summed E-state index contributed by atoms with van der Waals surface area (Å²) in [5, 5.41) is 11.2. The number of carboxylic acids is 1. The molecule has 1 aliphatic rings. The van der Waals surface area contributed by atoms with Gasteiger partial charge in [-0.3, -0.25) is 4.79 Å². The van der Waals surface area contributed by atoms with E-state index in [-0.39, 0.29) is 42.1 Å². The van der Waals surface area contributed by atoms with E-state index in [0.717, 1.165) is 19.3 Å². The summed E-state index contributed by atoms with van der Waals surface area (Å²) >= 11 is 0. The molecular weight excluding hydrogens is 411 g/mol. The maximum absolute atomic E-state index is 12.1. The van der Waals surface area contributed by atoms with Crippen LogP contribution in [0.25, 0.3) is 0 Å². The molecule has 4 nitrogen and oxygen atoms in total. The average molecular weight is 459 g/mol. The van der Waals surface area contributed by atoms with Gasteiger partial charge >= 0.3 is 35.5 Å². The third kappa shape index (κ3) is 16.3. The van der Waals surface area contributed by atoms with E-state index in [2.05, 4.69) is 13.0 Å². The summed E-state index contributed by atoms with van der Waals surface area (Å²) in [6.07, 6.45) is 26.9. The topological polar surface area (TPSA) is 66.4 Å². The van der Waals surface area contributed by atoms with E-state index in [9.17, 15) is 14.7 Å². The van der Waals surface area contributed by atoms with Crippen LogP contribution in [0.1, 0.15) is 129 Å². The van der Waals surface area contributed by atoms with Crippen molar-refractivity contribution < 1.29 is 49.0 Å². The van der Waals surface area contributed by atoms with Gasteiger partial charge in [-0.2, -0.15) is 0 Å². The van der Waals surface area contributed by atoms with E-state index < -0.39 is 17.8 Å². The first-order valence-electron chi connectivity index (χ1n) is 13.2. The monoisotopic (exact) mass is 458 g/mol. The summed E-state index contributed by atoms with van der Waals surface area (Å²) in [5.74, 6) is -2.70. The number of aliphatic carboxylic acids is 1. The van der Waals surface area contributed by atoms with Crippen LogP contribution in [-0.2, 0) is 14.3 Å². The number of hydrogen-bond acceptors (Lipinski definition) is 4. The summed E-state index contributed by atoms with van der Waals surface area (Å²) in [5.41, 5.74) is 0. The minimum Gasteiger partial charge on any atom is -0.550 e. The summed E-state index contributed by atoms with van der Waals surface area (Å²) in [6, 6.07) is 0. The minimum absolute atomic E-state index is 0. The maximum Gasteiger partial charge on any atom is 1.00 e. The van der Waals surface area contributed by atoms with Crippen LogP contribution in [0.2, 0.25) is 0 Å². The Morgan fingerprint density at radius 1 is 0.750 bits per heavy atom. The quantitative estimate of drug-likeness (QED) is 0.129. The Bertz CT molecular complexity index is 492. The number of hydrogen-bond donors (Lipinski definition) is 0. The zero-order valence-electron chi connectivity index (χ0n) is 21.1. The van der Waals surface area contributed by atoms with Crippen molar-refractivity contribution in [3.8, 4) is 0 Å². The van der Waals surface area contributed by atoms with E-state index in [1.54, 1.807) is 0 Å². The van der Waals surface area contributed by atoms with E-state index in [1.807, 2.05) is 6.08 Å². The van der Waals surface area contributed by atoms with E-state index in [0.29, 0.717) is 12.8 Å². The molecule has 1 saturated carbocycles. The van der Waals surface area contributed by atoms with Gasteiger partial charge in [0.2, 0.25) is 0 Å². The Hall–Kier alpha value is -0.320. The fourth-order valence-electron chi connectivity index (χ4n) is 4.58. The zero-order valence-corrected chi connectivity index (χ0v) is 23.1. The Labute approximate surface area is 219 Å². The molecule has 2 unspecified atom stereocenters. The van der Waals surface area contributed by atoms with Crippen LogP contribution in [0.3, 0.4) is 0 Å². The summed E-state index contributed by atoms with van der Waals surface area (Å²) in [4.78, 5) is 23.3. The standard InChI is InChI=1S/C27H48O4.Na/c1-2-3-4-5-6-7-8-9-10-11-12-13-14-15-16-17-20-23-31-27(30)25-22-19-18-21-24(25)26(28)29;/h17,20,24-25H,2-16,18-19,21-23H2,1H3,(H,28,29);/q;+1/p-1/b20-17+;. The second-order valence-corrected chi connectivity index (χ2v) is 9.30. The van der Waals surface area contributed by atoms with Crippen molar-refractivity contribution in [2.45, 2.75) is 129 Å². The second-order valence-electron chi connectivity index (χ2n) is 9.30. The fraction of sp³-hybridized carbons (Fsp3) is 0.852. The van der Waals surface area contributed by atoms with Gasteiger partial charge in [0.1, 0.15) is 6.61 Å². The Kier molecular flexibility index (Phi) is 22.2. The smallest absolute Gasteiger partial charge is 0.550 e. The van der Waals surface area contributed by atoms with Gasteiger partial charge in [0.05, 0.1) is 5.92 Å². The van der Waals surface area contributed by atoms with Crippen LogP contribution in [0, 0.1) is 11.8 Å². The van der Waals surface area contributed by atoms with Gasteiger partial charge in [-0.25, -0.2) is 0 Å². The predicted octanol–water partition coefficient (Wildman–Crippen LogP) is 3.52. The number of ether oxygens (including phenoxy) is 1.